The molecule has 0 radical (unpaired) electrons. The van der Waals surface area contributed by atoms with E-state index >= 15 is 0 Å². The molecule has 2 N–H and O–H groups in total. The van der Waals surface area contributed by atoms with Gasteiger partial charge in [-0.25, -0.2) is 0 Å². The summed E-state index contributed by atoms with van der Waals surface area (Å²) in [6.45, 7) is 12.7. The van der Waals surface area contributed by atoms with E-state index in [1.807, 2.05) is 0 Å². The minimum atomic E-state index is -0.228. The molecule has 1 rings (SSSR count). The monoisotopic (exact) mass is 228 g/mol. The lowest BCUT2D eigenvalue weighted by atomic mass is 9.95. The molecular formula is C13H28N2O. The van der Waals surface area contributed by atoms with E-state index in [9.17, 15) is 5.11 Å². The van der Waals surface area contributed by atoms with Crippen LogP contribution in [0.25, 0.3) is 0 Å². The summed E-state index contributed by atoms with van der Waals surface area (Å²) in [6, 6.07) is 0.455. The standard InChI is InChI=1S/C13H28N2O/c1-10(2)12-5-6-15(8-12)9-13(16)7-14-11(3)4/h10-14,16H,5-9H2,1-4H3. The van der Waals surface area contributed by atoms with E-state index in [0.717, 1.165) is 31.5 Å². The summed E-state index contributed by atoms with van der Waals surface area (Å²) in [6.07, 6.45) is 1.07. The molecule has 0 aromatic heterocycles. The van der Waals surface area contributed by atoms with Crippen molar-refractivity contribution in [1.82, 2.24) is 10.2 Å². The Kier molecular flexibility index (Phi) is 5.73. The van der Waals surface area contributed by atoms with Crippen molar-refractivity contribution in [3.8, 4) is 0 Å². The molecule has 96 valence electrons. The van der Waals surface area contributed by atoms with Gasteiger partial charge in [0.2, 0.25) is 0 Å². The molecule has 1 saturated heterocycles. The number of nitrogens with zero attached hydrogens (tertiary/aromatic N) is 1. The minimum absolute atomic E-state index is 0.228. The minimum Gasteiger partial charge on any atom is -0.390 e. The van der Waals surface area contributed by atoms with Gasteiger partial charge in [0.15, 0.2) is 0 Å². The van der Waals surface area contributed by atoms with Crippen LogP contribution in [0, 0.1) is 11.8 Å². The van der Waals surface area contributed by atoms with Gasteiger partial charge in [-0.05, 0) is 24.8 Å². The first-order valence-corrected chi connectivity index (χ1v) is 6.62. The highest BCUT2D eigenvalue weighted by molar-refractivity contribution is 4.79. The molecule has 0 aliphatic carbocycles. The fourth-order valence-electron chi connectivity index (χ4n) is 2.31. The van der Waals surface area contributed by atoms with Crippen LogP contribution in [-0.2, 0) is 0 Å². The molecule has 0 spiro atoms. The van der Waals surface area contributed by atoms with E-state index in [0.29, 0.717) is 12.6 Å². The molecule has 0 aromatic carbocycles. The molecule has 1 aliphatic heterocycles. The summed E-state index contributed by atoms with van der Waals surface area (Å²) in [5.74, 6) is 1.60. The zero-order chi connectivity index (χ0) is 12.1. The summed E-state index contributed by atoms with van der Waals surface area (Å²) >= 11 is 0. The largest absolute Gasteiger partial charge is 0.390 e. The smallest absolute Gasteiger partial charge is 0.0791 e. The molecule has 1 heterocycles. The maximum atomic E-state index is 9.88. The van der Waals surface area contributed by atoms with Crippen LogP contribution >= 0.6 is 0 Å². The number of nitrogens with one attached hydrogen (secondary N) is 1. The van der Waals surface area contributed by atoms with Gasteiger partial charge in [-0.2, -0.15) is 0 Å². The normalized spacial score (nSPS) is 24.6. The zero-order valence-corrected chi connectivity index (χ0v) is 11.2. The fourth-order valence-corrected chi connectivity index (χ4v) is 2.31. The third-order valence-electron chi connectivity index (χ3n) is 3.48. The first kappa shape index (κ1) is 13.9. The van der Waals surface area contributed by atoms with Crippen molar-refractivity contribution >= 4 is 0 Å². The van der Waals surface area contributed by atoms with Crippen LogP contribution in [0.15, 0.2) is 0 Å². The van der Waals surface area contributed by atoms with Crippen molar-refractivity contribution in [3.05, 3.63) is 0 Å². The average Bonchev–Trinajstić information content (AvgIpc) is 2.63. The van der Waals surface area contributed by atoms with Crippen molar-refractivity contribution in [1.29, 1.82) is 0 Å². The van der Waals surface area contributed by atoms with Crippen molar-refractivity contribution in [3.63, 3.8) is 0 Å². The fraction of sp³-hybridized carbons (Fsp3) is 1.00. The summed E-state index contributed by atoms with van der Waals surface area (Å²) in [5.41, 5.74) is 0. The Balaban J connectivity index is 2.18. The number of aliphatic hydroxyl groups is 1. The van der Waals surface area contributed by atoms with Crippen LogP contribution in [-0.4, -0.2) is 48.3 Å². The Labute approximate surface area is 100 Å². The van der Waals surface area contributed by atoms with Crippen molar-refractivity contribution < 1.29 is 5.11 Å². The molecule has 3 heteroatoms. The predicted octanol–water partition coefficient (Wildman–Crippen LogP) is 1.32. The summed E-state index contributed by atoms with van der Waals surface area (Å²) in [5, 5.41) is 13.2. The van der Waals surface area contributed by atoms with Gasteiger partial charge in [0.1, 0.15) is 0 Å². The SMILES string of the molecule is CC(C)NCC(O)CN1CCC(C(C)C)C1. The lowest BCUT2D eigenvalue weighted by Crippen LogP contribution is -2.39. The van der Waals surface area contributed by atoms with Crippen LogP contribution in [0.1, 0.15) is 34.1 Å². The van der Waals surface area contributed by atoms with Gasteiger partial charge in [0.25, 0.3) is 0 Å². The van der Waals surface area contributed by atoms with Gasteiger partial charge in [0, 0.05) is 25.7 Å². The number of likely N-dealkylation sites (tertiary alicyclic amines) is 1. The third kappa shape index (κ3) is 4.81. The second-order valence-electron chi connectivity index (χ2n) is 5.77. The van der Waals surface area contributed by atoms with Gasteiger partial charge < -0.3 is 15.3 Å². The molecule has 16 heavy (non-hydrogen) atoms. The van der Waals surface area contributed by atoms with Gasteiger partial charge in [-0.3, -0.25) is 0 Å². The van der Waals surface area contributed by atoms with E-state index in [2.05, 4.69) is 37.9 Å². The second kappa shape index (κ2) is 6.58. The Bertz CT molecular complexity index is 194. The Morgan fingerprint density at radius 1 is 1.31 bits per heavy atom. The van der Waals surface area contributed by atoms with Crippen molar-refractivity contribution in [2.45, 2.75) is 46.3 Å². The van der Waals surface area contributed by atoms with Gasteiger partial charge in [-0.1, -0.05) is 27.7 Å². The molecule has 0 saturated carbocycles. The number of hydrogen-bond donors (Lipinski definition) is 2. The Hall–Kier alpha value is -0.120. The first-order valence-electron chi connectivity index (χ1n) is 6.62. The number of aliphatic hydroxyl groups excluding tert-OH is 1. The van der Waals surface area contributed by atoms with Crippen LogP contribution in [0.2, 0.25) is 0 Å². The number of rotatable bonds is 6. The van der Waals surface area contributed by atoms with E-state index in [4.69, 9.17) is 0 Å². The average molecular weight is 228 g/mol. The highest BCUT2D eigenvalue weighted by Gasteiger charge is 2.25. The quantitative estimate of drug-likeness (QED) is 0.720. The van der Waals surface area contributed by atoms with Crippen LogP contribution < -0.4 is 5.32 Å². The Morgan fingerprint density at radius 2 is 2.00 bits per heavy atom. The molecule has 2 unspecified atom stereocenters. The van der Waals surface area contributed by atoms with Gasteiger partial charge in [0.05, 0.1) is 6.10 Å². The number of β-amino-alcohol motifs (C(OH)–C–C–N with tert-alkyl or cyclic N) is 1. The topological polar surface area (TPSA) is 35.5 Å². The second-order valence-corrected chi connectivity index (χ2v) is 5.77. The first-order chi connectivity index (χ1) is 7.49. The van der Waals surface area contributed by atoms with Crippen LogP contribution in [0.5, 0.6) is 0 Å². The lowest BCUT2D eigenvalue weighted by Gasteiger charge is -2.22. The maximum Gasteiger partial charge on any atom is 0.0791 e. The third-order valence-corrected chi connectivity index (χ3v) is 3.48. The molecular weight excluding hydrogens is 200 g/mol. The van der Waals surface area contributed by atoms with Gasteiger partial charge in [-0.15, -0.1) is 0 Å². The molecule has 0 bridgehead atoms. The molecule has 1 fully saturated rings. The molecule has 1 aliphatic rings. The molecule has 2 atom stereocenters. The zero-order valence-electron chi connectivity index (χ0n) is 11.2. The highest BCUT2D eigenvalue weighted by Crippen LogP contribution is 2.23. The van der Waals surface area contributed by atoms with E-state index in [-0.39, 0.29) is 6.10 Å². The maximum absolute atomic E-state index is 9.88. The van der Waals surface area contributed by atoms with Crippen molar-refractivity contribution in [2.24, 2.45) is 11.8 Å². The lowest BCUT2D eigenvalue weighted by molar-refractivity contribution is 0.118. The summed E-state index contributed by atoms with van der Waals surface area (Å²) < 4.78 is 0. The van der Waals surface area contributed by atoms with Gasteiger partial charge >= 0.3 is 0 Å². The molecule has 0 amide bonds. The van der Waals surface area contributed by atoms with E-state index < -0.39 is 0 Å². The van der Waals surface area contributed by atoms with E-state index in [1.165, 1.54) is 6.42 Å². The Morgan fingerprint density at radius 3 is 2.50 bits per heavy atom. The van der Waals surface area contributed by atoms with E-state index in [1.54, 1.807) is 0 Å². The molecule has 0 aromatic rings. The van der Waals surface area contributed by atoms with Crippen molar-refractivity contribution in [2.75, 3.05) is 26.2 Å². The summed E-state index contributed by atoms with van der Waals surface area (Å²) in [4.78, 5) is 2.40. The molecule has 3 nitrogen and oxygen atoms in total. The highest BCUT2D eigenvalue weighted by atomic mass is 16.3. The predicted molar refractivity (Wildman–Crippen MR) is 68.5 cm³/mol. The van der Waals surface area contributed by atoms with Crippen LogP contribution in [0.3, 0.4) is 0 Å². The summed E-state index contributed by atoms with van der Waals surface area (Å²) in [7, 11) is 0. The number of hydrogen-bond acceptors (Lipinski definition) is 3. The van der Waals surface area contributed by atoms with Crippen LogP contribution in [0.4, 0.5) is 0 Å².